The standard InChI is InChI=1S/C12H16BrClN2O2/c1-7(2)5-8-10(13)11(14)16-12(15-8)9-6-17-3-4-18-9/h7,9H,3-6H2,1-2H3. The lowest BCUT2D eigenvalue weighted by Crippen LogP contribution is -2.24. The van der Waals surface area contributed by atoms with Crippen LogP contribution in [0.1, 0.15) is 31.5 Å². The minimum Gasteiger partial charge on any atom is -0.376 e. The van der Waals surface area contributed by atoms with E-state index in [-0.39, 0.29) is 6.10 Å². The fourth-order valence-electron chi connectivity index (χ4n) is 1.78. The maximum absolute atomic E-state index is 6.13. The van der Waals surface area contributed by atoms with Crippen LogP contribution in [0.3, 0.4) is 0 Å². The summed E-state index contributed by atoms with van der Waals surface area (Å²) in [5.41, 5.74) is 0.925. The van der Waals surface area contributed by atoms with E-state index in [1.54, 1.807) is 0 Å². The molecule has 0 bridgehead atoms. The summed E-state index contributed by atoms with van der Waals surface area (Å²) in [7, 11) is 0. The molecule has 1 fully saturated rings. The third-order valence-corrected chi connectivity index (χ3v) is 3.94. The number of aromatic nitrogens is 2. The maximum atomic E-state index is 6.13. The lowest BCUT2D eigenvalue weighted by molar-refractivity contribution is -0.0936. The lowest BCUT2D eigenvalue weighted by atomic mass is 10.1. The van der Waals surface area contributed by atoms with Crippen molar-refractivity contribution in [3.8, 4) is 0 Å². The topological polar surface area (TPSA) is 44.2 Å². The van der Waals surface area contributed by atoms with Crippen molar-refractivity contribution in [1.29, 1.82) is 0 Å². The van der Waals surface area contributed by atoms with Crippen LogP contribution in [0.4, 0.5) is 0 Å². The summed E-state index contributed by atoms with van der Waals surface area (Å²) in [5.74, 6) is 1.11. The Morgan fingerprint density at radius 3 is 2.78 bits per heavy atom. The molecule has 0 N–H and O–H groups in total. The molecule has 0 amide bonds. The summed E-state index contributed by atoms with van der Waals surface area (Å²) in [5, 5.41) is 0.435. The van der Waals surface area contributed by atoms with Gasteiger partial charge in [0, 0.05) is 0 Å². The molecule has 18 heavy (non-hydrogen) atoms. The van der Waals surface area contributed by atoms with E-state index in [1.807, 2.05) is 0 Å². The Bertz CT molecular complexity index is 423. The van der Waals surface area contributed by atoms with Crippen molar-refractivity contribution in [3.63, 3.8) is 0 Å². The molecule has 2 rings (SSSR count). The summed E-state index contributed by atoms with van der Waals surface area (Å²) < 4.78 is 11.7. The largest absolute Gasteiger partial charge is 0.376 e. The van der Waals surface area contributed by atoms with Crippen LogP contribution in [0.2, 0.25) is 5.15 Å². The minimum atomic E-state index is -0.213. The first kappa shape index (κ1) is 14.2. The molecular weight excluding hydrogens is 320 g/mol. The van der Waals surface area contributed by atoms with E-state index in [4.69, 9.17) is 21.1 Å². The molecular formula is C12H16BrClN2O2. The third kappa shape index (κ3) is 3.41. The highest BCUT2D eigenvalue weighted by molar-refractivity contribution is 9.10. The Hall–Kier alpha value is -0.230. The van der Waals surface area contributed by atoms with Gasteiger partial charge in [0.1, 0.15) is 11.3 Å². The van der Waals surface area contributed by atoms with Gasteiger partial charge in [-0.1, -0.05) is 25.4 Å². The first-order valence-corrected chi connectivity index (χ1v) is 7.16. The van der Waals surface area contributed by atoms with Crippen LogP contribution in [-0.2, 0) is 15.9 Å². The van der Waals surface area contributed by atoms with E-state index < -0.39 is 0 Å². The molecule has 6 heteroatoms. The van der Waals surface area contributed by atoms with E-state index in [2.05, 4.69) is 39.7 Å². The van der Waals surface area contributed by atoms with Crippen LogP contribution in [0.15, 0.2) is 4.47 Å². The molecule has 1 aliphatic heterocycles. The Balaban J connectivity index is 2.27. The minimum absolute atomic E-state index is 0.213. The average molecular weight is 336 g/mol. The van der Waals surface area contributed by atoms with Gasteiger partial charge in [0.25, 0.3) is 0 Å². The lowest BCUT2D eigenvalue weighted by Gasteiger charge is -2.22. The number of nitrogens with zero attached hydrogens (tertiary/aromatic N) is 2. The summed E-state index contributed by atoms with van der Waals surface area (Å²) in [4.78, 5) is 8.82. The van der Waals surface area contributed by atoms with Gasteiger partial charge in [0.05, 0.1) is 30.0 Å². The second-order valence-electron chi connectivity index (χ2n) is 4.67. The number of hydrogen-bond donors (Lipinski definition) is 0. The van der Waals surface area contributed by atoms with Crippen LogP contribution < -0.4 is 0 Å². The van der Waals surface area contributed by atoms with Crippen LogP contribution in [0, 0.1) is 5.92 Å². The van der Waals surface area contributed by atoms with Gasteiger partial charge in [0.15, 0.2) is 5.82 Å². The molecule has 0 spiro atoms. The summed E-state index contributed by atoms with van der Waals surface area (Å²) in [6.45, 7) is 5.96. The van der Waals surface area contributed by atoms with E-state index in [0.29, 0.717) is 36.7 Å². The zero-order chi connectivity index (χ0) is 13.1. The van der Waals surface area contributed by atoms with Crippen molar-refractivity contribution >= 4 is 27.5 Å². The molecule has 1 saturated heterocycles. The Kier molecular flexibility index (Phi) is 4.95. The van der Waals surface area contributed by atoms with E-state index in [1.165, 1.54) is 0 Å². The molecule has 4 nitrogen and oxygen atoms in total. The number of ether oxygens (including phenoxy) is 2. The molecule has 1 unspecified atom stereocenters. The Labute approximate surface area is 120 Å². The molecule has 1 aromatic rings. The zero-order valence-corrected chi connectivity index (χ0v) is 12.8. The van der Waals surface area contributed by atoms with Gasteiger partial charge in [-0.05, 0) is 28.3 Å². The van der Waals surface area contributed by atoms with Gasteiger partial charge in [-0.15, -0.1) is 0 Å². The average Bonchev–Trinajstić information content (AvgIpc) is 2.35. The van der Waals surface area contributed by atoms with E-state index in [0.717, 1.165) is 16.6 Å². The zero-order valence-electron chi connectivity index (χ0n) is 10.4. The molecule has 1 aliphatic rings. The van der Waals surface area contributed by atoms with Gasteiger partial charge in [-0.3, -0.25) is 0 Å². The first-order valence-electron chi connectivity index (χ1n) is 5.99. The summed E-state index contributed by atoms with van der Waals surface area (Å²) in [6.07, 6.45) is 0.638. The highest BCUT2D eigenvalue weighted by Crippen LogP contribution is 2.28. The predicted octanol–water partition coefficient (Wildman–Crippen LogP) is 3.18. The smallest absolute Gasteiger partial charge is 0.161 e. The quantitative estimate of drug-likeness (QED) is 0.796. The van der Waals surface area contributed by atoms with Crippen molar-refractivity contribution in [3.05, 3.63) is 21.1 Å². The second kappa shape index (κ2) is 6.28. The van der Waals surface area contributed by atoms with Crippen LogP contribution in [0.5, 0.6) is 0 Å². The van der Waals surface area contributed by atoms with Gasteiger partial charge in [-0.2, -0.15) is 0 Å². The fraction of sp³-hybridized carbons (Fsp3) is 0.667. The van der Waals surface area contributed by atoms with Crippen LogP contribution in [0.25, 0.3) is 0 Å². The summed E-state index contributed by atoms with van der Waals surface area (Å²) in [6, 6.07) is 0. The fourth-order valence-corrected chi connectivity index (χ4v) is 2.32. The van der Waals surface area contributed by atoms with Crippen molar-refractivity contribution < 1.29 is 9.47 Å². The van der Waals surface area contributed by atoms with Crippen LogP contribution >= 0.6 is 27.5 Å². The van der Waals surface area contributed by atoms with E-state index >= 15 is 0 Å². The molecule has 0 radical (unpaired) electrons. The number of rotatable bonds is 3. The molecule has 1 atom stereocenters. The van der Waals surface area contributed by atoms with Gasteiger partial charge >= 0.3 is 0 Å². The highest BCUT2D eigenvalue weighted by atomic mass is 79.9. The highest BCUT2D eigenvalue weighted by Gasteiger charge is 2.22. The van der Waals surface area contributed by atoms with Gasteiger partial charge in [-0.25, -0.2) is 9.97 Å². The normalized spacial score (nSPS) is 20.4. The van der Waals surface area contributed by atoms with Gasteiger partial charge < -0.3 is 9.47 Å². The van der Waals surface area contributed by atoms with Crippen molar-refractivity contribution in [1.82, 2.24) is 9.97 Å². The molecule has 1 aromatic heterocycles. The molecule has 0 aromatic carbocycles. The predicted molar refractivity (Wildman–Crippen MR) is 72.8 cm³/mol. The van der Waals surface area contributed by atoms with Crippen molar-refractivity contribution in [2.24, 2.45) is 5.92 Å². The number of hydrogen-bond acceptors (Lipinski definition) is 4. The van der Waals surface area contributed by atoms with E-state index in [9.17, 15) is 0 Å². The molecule has 100 valence electrons. The first-order chi connectivity index (χ1) is 8.58. The second-order valence-corrected chi connectivity index (χ2v) is 5.82. The Morgan fingerprint density at radius 1 is 1.39 bits per heavy atom. The molecule has 0 saturated carbocycles. The molecule has 0 aliphatic carbocycles. The SMILES string of the molecule is CC(C)Cc1nc(C2COCCO2)nc(Cl)c1Br. The van der Waals surface area contributed by atoms with Crippen LogP contribution in [-0.4, -0.2) is 29.8 Å². The maximum Gasteiger partial charge on any atom is 0.161 e. The summed E-state index contributed by atoms with van der Waals surface area (Å²) >= 11 is 9.57. The monoisotopic (exact) mass is 334 g/mol. The number of halogens is 2. The van der Waals surface area contributed by atoms with Crippen molar-refractivity contribution in [2.75, 3.05) is 19.8 Å². The Morgan fingerprint density at radius 2 is 2.17 bits per heavy atom. The third-order valence-electron chi connectivity index (χ3n) is 2.60. The molecule has 2 heterocycles. The van der Waals surface area contributed by atoms with Gasteiger partial charge in [0.2, 0.25) is 0 Å². The van der Waals surface area contributed by atoms with Crippen molar-refractivity contribution in [2.45, 2.75) is 26.4 Å².